The monoisotopic (exact) mass is 350 g/mol. The van der Waals surface area contributed by atoms with Crippen molar-refractivity contribution in [1.29, 1.82) is 0 Å². The summed E-state index contributed by atoms with van der Waals surface area (Å²) >= 11 is 10.9. The summed E-state index contributed by atoms with van der Waals surface area (Å²) in [4.78, 5) is 4.38. The molecule has 6 heteroatoms. The van der Waals surface area contributed by atoms with E-state index in [1.54, 1.807) is 17.8 Å². The molecule has 0 spiro atoms. The number of benzene rings is 1. The maximum atomic E-state index is 13.5. The van der Waals surface area contributed by atoms with Gasteiger partial charge in [-0.2, -0.15) is 11.8 Å². The molecule has 1 aromatic heterocycles. The number of hydrogen-bond donors (Lipinski definition) is 0. The summed E-state index contributed by atoms with van der Waals surface area (Å²) in [7, 11) is 0. The quantitative estimate of drug-likeness (QED) is 0.758. The molecule has 1 aromatic carbocycles. The lowest BCUT2D eigenvalue weighted by Gasteiger charge is -2.12. The molecule has 1 atom stereocenters. The predicted octanol–water partition coefficient (Wildman–Crippen LogP) is 4.43. The smallest absolute Gasteiger partial charge is 0.139 e. The summed E-state index contributed by atoms with van der Waals surface area (Å²) < 4.78 is 16.0. The molecule has 0 aliphatic heterocycles. The van der Waals surface area contributed by atoms with E-state index in [1.807, 2.05) is 0 Å². The standard InChI is InChI=1S/C12H13BrClFN2S/c1-7(18-2)6-17-11-3-8(13)9(15)4-10(11)16-12(17)5-14/h3-4,7H,5-6H2,1-2H3. The van der Waals surface area contributed by atoms with Gasteiger partial charge in [-0.05, 0) is 28.3 Å². The number of halogens is 3. The van der Waals surface area contributed by atoms with Gasteiger partial charge in [0.2, 0.25) is 0 Å². The minimum absolute atomic E-state index is 0.300. The van der Waals surface area contributed by atoms with Crippen molar-refractivity contribution in [3.8, 4) is 0 Å². The van der Waals surface area contributed by atoms with Crippen LogP contribution in [-0.4, -0.2) is 21.1 Å². The van der Waals surface area contributed by atoms with Crippen LogP contribution in [0, 0.1) is 5.82 Å². The molecule has 1 unspecified atom stereocenters. The molecule has 1 heterocycles. The number of nitrogens with zero attached hydrogens (tertiary/aromatic N) is 2. The van der Waals surface area contributed by atoms with Crippen LogP contribution in [0.4, 0.5) is 4.39 Å². The first-order valence-electron chi connectivity index (χ1n) is 5.49. The molecule has 0 amide bonds. The highest BCUT2D eigenvalue weighted by Gasteiger charge is 2.14. The first-order valence-corrected chi connectivity index (χ1v) is 8.11. The van der Waals surface area contributed by atoms with Crippen LogP contribution in [0.15, 0.2) is 16.6 Å². The Labute approximate surface area is 123 Å². The largest absolute Gasteiger partial charge is 0.326 e. The maximum Gasteiger partial charge on any atom is 0.139 e. The number of thioether (sulfide) groups is 1. The minimum Gasteiger partial charge on any atom is -0.326 e. The third-order valence-corrected chi connectivity index (χ3v) is 4.63. The normalized spacial score (nSPS) is 13.2. The number of rotatable bonds is 4. The first kappa shape index (κ1) is 14.2. The number of fused-ring (bicyclic) bond motifs is 1. The van der Waals surface area contributed by atoms with Crippen LogP contribution >= 0.6 is 39.3 Å². The van der Waals surface area contributed by atoms with E-state index in [0.717, 1.165) is 17.9 Å². The molecule has 0 saturated heterocycles. The van der Waals surface area contributed by atoms with Gasteiger partial charge < -0.3 is 4.57 Å². The summed E-state index contributed by atoms with van der Waals surface area (Å²) in [5, 5.41) is 0.452. The zero-order valence-electron chi connectivity index (χ0n) is 10.1. The van der Waals surface area contributed by atoms with Crippen LogP contribution in [0.2, 0.25) is 0 Å². The Hall–Kier alpha value is -0.260. The van der Waals surface area contributed by atoms with Crippen LogP contribution in [0.1, 0.15) is 12.7 Å². The van der Waals surface area contributed by atoms with Gasteiger partial charge in [-0.3, -0.25) is 0 Å². The van der Waals surface area contributed by atoms with Gasteiger partial charge in [0.1, 0.15) is 11.6 Å². The number of hydrogen-bond acceptors (Lipinski definition) is 2. The van der Waals surface area contributed by atoms with Crippen molar-refractivity contribution in [2.24, 2.45) is 0 Å². The highest BCUT2D eigenvalue weighted by Crippen LogP contribution is 2.26. The second kappa shape index (κ2) is 5.80. The number of imidazole rings is 1. The highest BCUT2D eigenvalue weighted by atomic mass is 79.9. The Balaban J connectivity index is 2.57. The molecular formula is C12H13BrClFN2S. The van der Waals surface area contributed by atoms with E-state index in [9.17, 15) is 4.39 Å². The van der Waals surface area contributed by atoms with Crippen molar-refractivity contribution < 1.29 is 4.39 Å². The molecule has 0 bridgehead atoms. The van der Waals surface area contributed by atoms with E-state index in [1.165, 1.54) is 6.07 Å². The zero-order chi connectivity index (χ0) is 13.3. The molecular weight excluding hydrogens is 339 g/mol. The van der Waals surface area contributed by atoms with Crippen LogP contribution in [0.25, 0.3) is 11.0 Å². The Bertz CT molecular complexity index is 573. The van der Waals surface area contributed by atoms with E-state index in [2.05, 4.69) is 38.7 Å². The van der Waals surface area contributed by atoms with Crippen molar-refractivity contribution in [3.05, 3.63) is 28.2 Å². The summed E-state index contributed by atoms with van der Waals surface area (Å²) in [6.45, 7) is 2.96. The van der Waals surface area contributed by atoms with Gasteiger partial charge in [-0.25, -0.2) is 9.37 Å². The van der Waals surface area contributed by atoms with Gasteiger partial charge in [0, 0.05) is 17.9 Å². The van der Waals surface area contributed by atoms with Crippen molar-refractivity contribution >= 4 is 50.3 Å². The van der Waals surface area contributed by atoms with E-state index in [4.69, 9.17) is 11.6 Å². The van der Waals surface area contributed by atoms with Gasteiger partial charge in [-0.1, -0.05) is 6.92 Å². The van der Waals surface area contributed by atoms with Crippen LogP contribution in [0.3, 0.4) is 0 Å². The van der Waals surface area contributed by atoms with Crippen LogP contribution in [0.5, 0.6) is 0 Å². The molecule has 0 aliphatic rings. The Morgan fingerprint density at radius 2 is 2.28 bits per heavy atom. The summed E-state index contributed by atoms with van der Waals surface area (Å²) in [5.74, 6) is 0.811. The number of aromatic nitrogens is 2. The second-order valence-corrected chi connectivity index (χ2v) is 6.47. The van der Waals surface area contributed by atoms with Crippen molar-refractivity contribution in [2.45, 2.75) is 24.6 Å². The molecule has 98 valence electrons. The Morgan fingerprint density at radius 3 is 2.89 bits per heavy atom. The molecule has 18 heavy (non-hydrogen) atoms. The van der Waals surface area contributed by atoms with E-state index in [-0.39, 0.29) is 5.82 Å². The van der Waals surface area contributed by atoms with Crippen molar-refractivity contribution in [1.82, 2.24) is 9.55 Å². The fourth-order valence-electron chi connectivity index (χ4n) is 1.81. The third kappa shape index (κ3) is 2.68. The Morgan fingerprint density at radius 1 is 1.56 bits per heavy atom. The molecule has 2 rings (SSSR count). The maximum absolute atomic E-state index is 13.5. The van der Waals surface area contributed by atoms with Crippen molar-refractivity contribution in [3.63, 3.8) is 0 Å². The zero-order valence-corrected chi connectivity index (χ0v) is 13.2. The van der Waals surface area contributed by atoms with E-state index < -0.39 is 0 Å². The molecule has 0 aliphatic carbocycles. The first-order chi connectivity index (χ1) is 8.56. The average Bonchev–Trinajstić information content (AvgIpc) is 2.67. The summed E-state index contributed by atoms with van der Waals surface area (Å²) in [6, 6.07) is 3.20. The molecule has 2 aromatic rings. The molecule has 0 saturated carbocycles. The second-order valence-electron chi connectivity index (χ2n) is 4.07. The molecule has 0 radical (unpaired) electrons. The van der Waals surface area contributed by atoms with Crippen LogP contribution < -0.4 is 0 Å². The minimum atomic E-state index is -0.300. The van der Waals surface area contributed by atoms with E-state index >= 15 is 0 Å². The van der Waals surface area contributed by atoms with Gasteiger partial charge in [-0.15, -0.1) is 11.6 Å². The molecule has 0 N–H and O–H groups in total. The summed E-state index contributed by atoms with van der Waals surface area (Å²) in [6.07, 6.45) is 2.07. The number of alkyl halides is 1. The Kier molecular flexibility index (Phi) is 4.56. The van der Waals surface area contributed by atoms with Gasteiger partial charge in [0.05, 0.1) is 21.4 Å². The fraction of sp³-hybridized carbons (Fsp3) is 0.417. The fourth-order valence-corrected chi connectivity index (χ4v) is 2.64. The topological polar surface area (TPSA) is 17.8 Å². The predicted molar refractivity (Wildman–Crippen MR) is 79.9 cm³/mol. The lowest BCUT2D eigenvalue weighted by molar-refractivity contribution is 0.622. The highest BCUT2D eigenvalue weighted by molar-refractivity contribution is 9.10. The summed E-state index contributed by atoms with van der Waals surface area (Å²) in [5.41, 5.74) is 1.57. The molecule has 0 fully saturated rings. The van der Waals surface area contributed by atoms with Gasteiger partial charge >= 0.3 is 0 Å². The third-order valence-electron chi connectivity index (χ3n) is 2.83. The molecule has 2 nitrogen and oxygen atoms in total. The average molecular weight is 352 g/mol. The van der Waals surface area contributed by atoms with Gasteiger partial charge in [0.25, 0.3) is 0 Å². The van der Waals surface area contributed by atoms with Crippen LogP contribution in [-0.2, 0) is 12.4 Å². The lowest BCUT2D eigenvalue weighted by atomic mass is 10.3. The van der Waals surface area contributed by atoms with E-state index in [0.29, 0.717) is 21.1 Å². The van der Waals surface area contributed by atoms with Crippen molar-refractivity contribution in [2.75, 3.05) is 6.26 Å². The SMILES string of the molecule is CSC(C)Cn1c(CCl)nc2cc(F)c(Br)cc21. The van der Waals surface area contributed by atoms with Gasteiger partial charge in [0.15, 0.2) is 0 Å². The lowest BCUT2D eigenvalue weighted by Crippen LogP contribution is -2.11.